The average Bonchev–Trinajstić information content (AvgIpc) is 2.71. The topological polar surface area (TPSA) is 56.2 Å². The highest BCUT2D eigenvalue weighted by Crippen LogP contribution is 2.26. The SMILES string of the molecule is Cc1ccc(Cl)cc1-c1ccc2nc(N)nn2c1. The molecule has 2 aromatic heterocycles. The van der Waals surface area contributed by atoms with Gasteiger partial charge in [0, 0.05) is 16.8 Å². The van der Waals surface area contributed by atoms with Crippen molar-refractivity contribution in [1.29, 1.82) is 0 Å². The van der Waals surface area contributed by atoms with E-state index < -0.39 is 0 Å². The molecule has 0 fully saturated rings. The molecular weight excluding hydrogens is 248 g/mol. The summed E-state index contributed by atoms with van der Waals surface area (Å²) in [6, 6.07) is 9.70. The number of nitrogens with two attached hydrogens (primary N) is 1. The fourth-order valence-electron chi connectivity index (χ4n) is 1.96. The van der Waals surface area contributed by atoms with Crippen molar-refractivity contribution in [2.45, 2.75) is 6.92 Å². The number of hydrogen-bond acceptors (Lipinski definition) is 3. The van der Waals surface area contributed by atoms with Gasteiger partial charge in [-0.05, 0) is 42.3 Å². The second kappa shape index (κ2) is 3.99. The van der Waals surface area contributed by atoms with Crippen LogP contribution < -0.4 is 5.73 Å². The standard InChI is InChI=1S/C13H11ClN4/c1-8-2-4-10(14)6-11(8)9-3-5-12-16-13(15)17-18(12)7-9/h2-7H,1H3,(H2,15,17). The van der Waals surface area contributed by atoms with Crippen LogP contribution in [0, 0.1) is 6.92 Å². The first-order chi connectivity index (χ1) is 8.63. The molecule has 0 bridgehead atoms. The van der Waals surface area contributed by atoms with Gasteiger partial charge < -0.3 is 5.73 Å². The maximum absolute atomic E-state index is 6.03. The van der Waals surface area contributed by atoms with Crippen molar-refractivity contribution < 1.29 is 0 Å². The molecule has 90 valence electrons. The lowest BCUT2D eigenvalue weighted by Gasteiger charge is -2.06. The van der Waals surface area contributed by atoms with E-state index in [1.807, 2.05) is 43.5 Å². The Morgan fingerprint density at radius 2 is 2.06 bits per heavy atom. The molecule has 18 heavy (non-hydrogen) atoms. The van der Waals surface area contributed by atoms with Crippen molar-refractivity contribution in [2.75, 3.05) is 5.73 Å². The number of hydrogen-bond donors (Lipinski definition) is 1. The van der Waals surface area contributed by atoms with Crippen LogP contribution in [0.25, 0.3) is 16.8 Å². The minimum Gasteiger partial charge on any atom is -0.366 e. The zero-order valence-electron chi connectivity index (χ0n) is 9.76. The molecule has 0 amide bonds. The minimum atomic E-state index is 0.273. The van der Waals surface area contributed by atoms with Crippen molar-refractivity contribution in [3.63, 3.8) is 0 Å². The molecule has 0 saturated heterocycles. The Labute approximate surface area is 109 Å². The van der Waals surface area contributed by atoms with Gasteiger partial charge in [-0.3, -0.25) is 0 Å². The van der Waals surface area contributed by atoms with Gasteiger partial charge in [-0.25, -0.2) is 4.52 Å². The number of aromatic nitrogens is 3. The number of halogens is 1. The highest BCUT2D eigenvalue weighted by atomic mass is 35.5. The van der Waals surface area contributed by atoms with Crippen LogP contribution in [0.5, 0.6) is 0 Å². The lowest BCUT2D eigenvalue weighted by atomic mass is 10.0. The average molecular weight is 259 g/mol. The number of nitrogen functional groups attached to an aromatic ring is 1. The maximum Gasteiger partial charge on any atom is 0.240 e. The second-order valence-corrected chi connectivity index (χ2v) is 4.59. The van der Waals surface area contributed by atoms with Gasteiger partial charge in [-0.15, -0.1) is 5.10 Å². The summed E-state index contributed by atoms with van der Waals surface area (Å²) in [6.45, 7) is 2.05. The van der Waals surface area contributed by atoms with E-state index in [1.54, 1.807) is 4.52 Å². The molecule has 0 aliphatic rings. The maximum atomic E-state index is 6.03. The zero-order valence-corrected chi connectivity index (χ0v) is 10.5. The van der Waals surface area contributed by atoms with Crippen LogP contribution in [0.4, 0.5) is 5.95 Å². The van der Waals surface area contributed by atoms with Gasteiger partial charge >= 0.3 is 0 Å². The Balaban J connectivity index is 2.21. The number of pyridine rings is 1. The number of aryl methyl sites for hydroxylation is 1. The van der Waals surface area contributed by atoms with Crippen LogP contribution in [-0.4, -0.2) is 14.6 Å². The van der Waals surface area contributed by atoms with Gasteiger partial charge in [0.2, 0.25) is 5.95 Å². The zero-order chi connectivity index (χ0) is 12.7. The molecule has 5 heteroatoms. The van der Waals surface area contributed by atoms with E-state index in [1.165, 1.54) is 0 Å². The van der Waals surface area contributed by atoms with E-state index in [0.29, 0.717) is 5.02 Å². The molecule has 2 N–H and O–H groups in total. The Morgan fingerprint density at radius 3 is 2.89 bits per heavy atom. The Morgan fingerprint density at radius 1 is 1.22 bits per heavy atom. The number of rotatable bonds is 1. The lowest BCUT2D eigenvalue weighted by Crippen LogP contribution is -1.91. The van der Waals surface area contributed by atoms with Crippen LogP contribution in [0.2, 0.25) is 5.02 Å². The van der Waals surface area contributed by atoms with Crippen LogP contribution in [0.15, 0.2) is 36.5 Å². The normalized spacial score (nSPS) is 11.0. The summed E-state index contributed by atoms with van der Waals surface area (Å²) in [5.41, 5.74) is 9.58. The Kier molecular flexibility index (Phi) is 2.45. The molecule has 0 atom stereocenters. The Hall–Kier alpha value is -2.07. The van der Waals surface area contributed by atoms with Gasteiger partial charge in [-0.1, -0.05) is 17.7 Å². The molecule has 0 unspecified atom stereocenters. The molecule has 3 aromatic rings. The summed E-state index contributed by atoms with van der Waals surface area (Å²) in [7, 11) is 0. The summed E-state index contributed by atoms with van der Waals surface area (Å²) in [5, 5.41) is 4.82. The summed E-state index contributed by atoms with van der Waals surface area (Å²) < 4.78 is 1.67. The van der Waals surface area contributed by atoms with Crippen LogP contribution >= 0.6 is 11.6 Å². The van der Waals surface area contributed by atoms with Crippen molar-refractivity contribution in [1.82, 2.24) is 14.6 Å². The largest absolute Gasteiger partial charge is 0.366 e. The fourth-order valence-corrected chi connectivity index (χ4v) is 2.14. The third-order valence-corrected chi connectivity index (χ3v) is 3.09. The monoisotopic (exact) mass is 258 g/mol. The van der Waals surface area contributed by atoms with Crippen LogP contribution in [-0.2, 0) is 0 Å². The predicted molar refractivity (Wildman–Crippen MR) is 72.6 cm³/mol. The van der Waals surface area contributed by atoms with Gasteiger partial charge in [0.05, 0.1) is 0 Å². The van der Waals surface area contributed by atoms with Gasteiger partial charge in [0.1, 0.15) is 0 Å². The van der Waals surface area contributed by atoms with Gasteiger partial charge in [-0.2, -0.15) is 4.98 Å². The third kappa shape index (κ3) is 1.80. The molecule has 0 radical (unpaired) electrons. The van der Waals surface area contributed by atoms with E-state index in [4.69, 9.17) is 17.3 Å². The highest BCUT2D eigenvalue weighted by Gasteiger charge is 2.06. The van der Waals surface area contributed by atoms with Crippen molar-refractivity contribution in [3.8, 4) is 11.1 Å². The summed E-state index contributed by atoms with van der Waals surface area (Å²) in [5.74, 6) is 0.273. The summed E-state index contributed by atoms with van der Waals surface area (Å²) in [4.78, 5) is 4.09. The van der Waals surface area contributed by atoms with Gasteiger partial charge in [0.15, 0.2) is 5.65 Å². The van der Waals surface area contributed by atoms with E-state index in [9.17, 15) is 0 Å². The molecule has 0 saturated carbocycles. The van der Waals surface area contributed by atoms with Crippen molar-refractivity contribution in [3.05, 3.63) is 47.1 Å². The molecule has 4 nitrogen and oxygen atoms in total. The van der Waals surface area contributed by atoms with Crippen molar-refractivity contribution in [2.24, 2.45) is 0 Å². The van der Waals surface area contributed by atoms with Crippen LogP contribution in [0.1, 0.15) is 5.56 Å². The highest BCUT2D eigenvalue weighted by molar-refractivity contribution is 6.30. The molecule has 1 aromatic carbocycles. The van der Waals surface area contributed by atoms with Gasteiger partial charge in [0.25, 0.3) is 0 Å². The summed E-state index contributed by atoms with van der Waals surface area (Å²) in [6.07, 6.45) is 1.90. The van der Waals surface area contributed by atoms with Crippen molar-refractivity contribution >= 4 is 23.2 Å². The molecule has 3 rings (SSSR count). The first-order valence-electron chi connectivity index (χ1n) is 5.52. The molecule has 2 heterocycles. The van der Waals surface area contributed by atoms with E-state index >= 15 is 0 Å². The minimum absolute atomic E-state index is 0.273. The smallest absolute Gasteiger partial charge is 0.240 e. The van der Waals surface area contributed by atoms with E-state index in [-0.39, 0.29) is 5.95 Å². The fraction of sp³-hybridized carbons (Fsp3) is 0.0769. The number of fused-ring (bicyclic) bond motifs is 1. The predicted octanol–water partition coefficient (Wildman–Crippen LogP) is 2.94. The first-order valence-corrected chi connectivity index (χ1v) is 5.90. The number of benzene rings is 1. The Bertz CT molecular complexity index is 733. The van der Waals surface area contributed by atoms with E-state index in [0.717, 1.165) is 22.3 Å². The summed E-state index contributed by atoms with van der Waals surface area (Å²) >= 11 is 6.03. The van der Waals surface area contributed by atoms with E-state index in [2.05, 4.69) is 10.1 Å². The quantitative estimate of drug-likeness (QED) is 0.730. The number of nitrogens with zero attached hydrogens (tertiary/aromatic N) is 3. The van der Waals surface area contributed by atoms with Crippen LogP contribution in [0.3, 0.4) is 0 Å². The third-order valence-electron chi connectivity index (χ3n) is 2.86. The molecule has 0 spiro atoms. The second-order valence-electron chi connectivity index (χ2n) is 4.15. The molecule has 0 aliphatic heterocycles. The molecule has 0 aliphatic carbocycles. The first kappa shape index (κ1) is 11.0. The lowest BCUT2D eigenvalue weighted by molar-refractivity contribution is 0.969. The molecular formula is C13H11ClN4. The number of anilines is 1.